The van der Waals surface area contributed by atoms with Crippen molar-refractivity contribution in [2.75, 3.05) is 26.7 Å². The van der Waals surface area contributed by atoms with Crippen molar-refractivity contribution in [3.05, 3.63) is 29.8 Å². The van der Waals surface area contributed by atoms with E-state index in [0.717, 1.165) is 12.8 Å². The van der Waals surface area contributed by atoms with Gasteiger partial charge in [-0.2, -0.15) is 4.31 Å². The van der Waals surface area contributed by atoms with Crippen LogP contribution in [0.1, 0.15) is 57.8 Å². The summed E-state index contributed by atoms with van der Waals surface area (Å²) < 4.78 is 26.8. The molecule has 0 fully saturated rings. The third-order valence-corrected chi connectivity index (χ3v) is 6.93. The Morgan fingerprint density at radius 1 is 1.10 bits per heavy atom. The van der Waals surface area contributed by atoms with Gasteiger partial charge in [-0.1, -0.05) is 47.1 Å². The Balaban J connectivity index is 3.07. The Bertz CT molecular complexity index is 789. The number of sulfonamides is 1. The first-order valence-electron chi connectivity index (χ1n) is 10.3. The number of unbranched alkanes of at least 4 members (excludes halogenated alkanes) is 1. The lowest BCUT2D eigenvalue weighted by molar-refractivity contribution is -0.133. The zero-order valence-corrected chi connectivity index (χ0v) is 19.3. The van der Waals surface area contributed by atoms with Crippen LogP contribution in [0, 0.1) is 5.92 Å². The van der Waals surface area contributed by atoms with Gasteiger partial charge in [0.15, 0.2) is 0 Å². The van der Waals surface area contributed by atoms with E-state index in [1.165, 1.54) is 16.4 Å². The van der Waals surface area contributed by atoms with E-state index in [2.05, 4.69) is 12.2 Å². The lowest BCUT2D eigenvalue weighted by Gasteiger charge is -2.27. The van der Waals surface area contributed by atoms with Crippen LogP contribution in [0.2, 0.25) is 0 Å². The molecule has 1 rings (SSSR count). The highest BCUT2D eigenvalue weighted by atomic mass is 32.2. The standard InChI is InChI=1S/C21H35N3O4S/c1-7-10-14-23(6)21(26)19(16(4)5)22-20(25)17-12-11-13-18(15-17)29(27,28)24(8-2)9-3/h11-13,15-16,19H,7-10,14H2,1-6H3,(H,22,25). The number of likely N-dealkylation sites (N-methyl/N-ethyl adjacent to an activating group) is 1. The molecule has 1 unspecified atom stereocenters. The molecule has 8 heteroatoms. The van der Waals surface area contributed by atoms with Crippen molar-refractivity contribution < 1.29 is 18.0 Å². The SMILES string of the molecule is CCCCN(C)C(=O)C(NC(=O)c1cccc(S(=O)(=O)N(CC)CC)c1)C(C)C. The summed E-state index contributed by atoms with van der Waals surface area (Å²) in [6.45, 7) is 10.7. The molecule has 0 saturated carbocycles. The van der Waals surface area contributed by atoms with E-state index in [4.69, 9.17) is 0 Å². The number of carbonyl (C=O) groups is 2. The number of benzene rings is 1. The molecule has 0 spiro atoms. The van der Waals surface area contributed by atoms with E-state index in [1.54, 1.807) is 37.9 Å². The summed E-state index contributed by atoms with van der Waals surface area (Å²) in [5, 5.41) is 2.79. The van der Waals surface area contributed by atoms with Crippen molar-refractivity contribution >= 4 is 21.8 Å². The van der Waals surface area contributed by atoms with Gasteiger partial charge in [-0.3, -0.25) is 9.59 Å². The van der Waals surface area contributed by atoms with Gasteiger partial charge in [0.05, 0.1) is 4.90 Å². The maximum Gasteiger partial charge on any atom is 0.251 e. The highest BCUT2D eigenvalue weighted by Crippen LogP contribution is 2.17. The lowest BCUT2D eigenvalue weighted by atomic mass is 10.0. The molecule has 0 aliphatic heterocycles. The smallest absolute Gasteiger partial charge is 0.251 e. The Morgan fingerprint density at radius 3 is 2.24 bits per heavy atom. The van der Waals surface area contributed by atoms with Crippen LogP contribution in [0.5, 0.6) is 0 Å². The maximum absolute atomic E-state index is 12.8. The second-order valence-electron chi connectivity index (χ2n) is 7.43. The molecule has 7 nitrogen and oxygen atoms in total. The highest BCUT2D eigenvalue weighted by Gasteiger charge is 2.28. The number of amides is 2. The fourth-order valence-electron chi connectivity index (χ4n) is 2.99. The molecular weight excluding hydrogens is 390 g/mol. The van der Waals surface area contributed by atoms with E-state index >= 15 is 0 Å². The molecule has 0 heterocycles. The molecule has 0 radical (unpaired) electrons. The monoisotopic (exact) mass is 425 g/mol. The molecule has 0 aliphatic carbocycles. The van der Waals surface area contributed by atoms with Crippen LogP contribution in [0.3, 0.4) is 0 Å². The molecule has 0 aromatic heterocycles. The lowest BCUT2D eigenvalue weighted by Crippen LogP contribution is -2.50. The van der Waals surface area contributed by atoms with Gasteiger partial charge in [0.25, 0.3) is 5.91 Å². The molecule has 1 N–H and O–H groups in total. The van der Waals surface area contributed by atoms with E-state index in [9.17, 15) is 18.0 Å². The van der Waals surface area contributed by atoms with Crippen molar-refractivity contribution in [2.45, 2.75) is 58.4 Å². The van der Waals surface area contributed by atoms with Gasteiger partial charge in [-0.15, -0.1) is 0 Å². The van der Waals surface area contributed by atoms with Crippen molar-refractivity contribution in [3.8, 4) is 0 Å². The molecule has 1 aromatic rings. The van der Waals surface area contributed by atoms with Crippen LogP contribution in [0.15, 0.2) is 29.2 Å². The molecule has 1 aromatic carbocycles. The number of hydrogen-bond acceptors (Lipinski definition) is 4. The molecule has 0 saturated heterocycles. The molecule has 0 bridgehead atoms. The molecule has 2 amide bonds. The number of nitrogens with zero attached hydrogens (tertiary/aromatic N) is 2. The Morgan fingerprint density at radius 2 is 1.72 bits per heavy atom. The fraction of sp³-hybridized carbons (Fsp3) is 0.619. The minimum absolute atomic E-state index is 0.0707. The van der Waals surface area contributed by atoms with Crippen LogP contribution in [0.25, 0.3) is 0 Å². The summed E-state index contributed by atoms with van der Waals surface area (Å²) >= 11 is 0. The largest absolute Gasteiger partial charge is 0.344 e. The van der Waals surface area contributed by atoms with E-state index in [-0.39, 0.29) is 22.3 Å². The normalized spacial score (nSPS) is 12.8. The minimum atomic E-state index is -3.66. The molecule has 1 atom stereocenters. The van der Waals surface area contributed by atoms with Crippen LogP contribution in [0.4, 0.5) is 0 Å². The third kappa shape index (κ3) is 6.54. The first kappa shape index (κ1) is 25.1. The van der Waals surface area contributed by atoms with Crippen molar-refractivity contribution in [3.63, 3.8) is 0 Å². The maximum atomic E-state index is 12.8. The predicted octanol–water partition coefficient (Wildman–Crippen LogP) is 2.73. The fourth-order valence-corrected chi connectivity index (χ4v) is 4.50. The van der Waals surface area contributed by atoms with Gasteiger partial charge in [0.2, 0.25) is 15.9 Å². The van der Waals surface area contributed by atoms with E-state index in [0.29, 0.717) is 19.6 Å². The number of hydrogen-bond donors (Lipinski definition) is 1. The second kappa shape index (κ2) is 11.3. The number of carbonyl (C=O) groups excluding carboxylic acids is 2. The zero-order valence-electron chi connectivity index (χ0n) is 18.4. The van der Waals surface area contributed by atoms with Gasteiger partial charge < -0.3 is 10.2 Å². The highest BCUT2D eigenvalue weighted by molar-refractivity contribution is 7.89. The quantitative estimate of drug-likeness (QED) is 0.591. The van der Waals surface area contributed by atoms with Gasteiger partial charge >= 0.3 is 0 Å². The van der Waals surface area contributed by atoms with Gasteiger partial charge in [-0.05, 0) is 30.5 Å². The second-order valence-corrected chi connectivity index (χ2v) is 9.36. The van der Waals surface area contributed by atoms with Gasteiger partial charge in [-0.25, -0.2) is 8.42 Å². The van der Waals surface area contributed by atoms with Crippen LogP contribution in [-0.2, 0) is 14.8 Å². The average Bonchev–Trinajstić information content (AvgIpc) is 2.70. The molecule has 164 valence electrons. The van der Waals surface area contributed by atoms with Gasteiger partial charge in [0.1, 0.15) is 6.04 Å². The van der Waals surface area contributed by atoms with E-state index < -0.39 is 22.0 Å². The summed E-state index contributed by atoms with van der Waals surface area (Å²) in [4.78, 5) is 27.3. The van der Waals surface area contributed by atoms with Crippen molar-refractivity contribution in [1.29, 1.82) is 0 Å². The van der Waals surface area contributed by atoms with Crippen molar-refractivity contribution in [1.82, 2.24) is 14.5 Å². The zero-order chi connectivity index (χ0) is 22.2. The van der Waals surface area contributed by atoms with Crippen LogP contribution in [-0.4, -0.2) is 62.2 Å². The summed E-state index contributed by atoms with van der Waals surface area (Å²) in [6, 6.07) is 5.27. The Labute approximate surface area is 175 Å². The number of rotatable bonds is 11. The molecule has 29 heavy (non-hydrogen) atoms. The third-order valence-electron chi connectivity index (χ3n) is 4.88. The average molecular weight is 426 g/mol. The molecule has 0 aliphatic rings. The van der Waals surface area contributed by atoms with Crippen molar-refractivity contribution in [2.24, 2.45) is 5.92 Å². The number of nitrogens with one attached hydrogen (secondary N) is 1. The summed E-state index contributed by atoms with van der Waals surface area (Å²) in [6.07, 6.45) is 1.87. The Hall–Kier alpha value is -1.93. The van der Waals surface area contributed by atoms with Crippen LogP contribution >= 0.6 is 0 Å². The Kier molecular flexibility index (Phi) is 9.79. The summed E-state index contributed by atoms with van der Waals surface area (Å²) in [7, 11) is -1.93. The predicted molar refractivity (Wildman–Crippen MR) is 115 cm³/mol. The van der Waals surface area contributed by atoms with Gasteiger partial charge in [0, 0.05) is 32.2 Å². The first-order valence-corrected chi connectivity index (χ1v) is 11.7. The summed E-state index contributed by atoms with van der Waals surface area (Å²) in [5.74, 6) is -0.704. The summed E-state index contributed by atoms with van der Waals surface area (Å²) in [5.41, 5.74) is 0.216. The topological polar surface area (TPSA) is 86.8 Å². The van der Waals surface area contributed by atoms with E-state index in [1.807, 2.05) is 13.8 Å². The molecular formula is C21H35N3O4S. The first-order chi connectivity index (χ1) is 13.6. The van der Waals surface area contributed by atoms with Crippen LogP contribution < -0.4 is 5.32 Å². The minimum Gasteiger partial charge on any atom is -0.344 e.